The summed E-state index contributed by atoms with van der Waals surface area (Å²) in [5, 5.41) is 0. The summed E-state index contributed by atoms with van der Waals surface area (Å²) < 4.78 is 4.94. The molecule has 1 aromatic heterocycles. The van der Waals surface area contributed by atoms with Crippen LogP contribution in [0.4, 0.5) is 0 Å². The predicted molar refractivity (Wildman–Crippen MR) is 122 cm³/mol. The van der Waals surface area contributed by atoms with E-state index in [2.05, 4.69) is 54.7 Å². The molecule has 0 fully saturated rings. The van der Waals surface area contributed by atoms with Gasteiger partial charge in [-0.2, -0.15) is 0 Å². The largest absolute Gasteiger partial charge is 0.466 e. The minimum Gasteiger partial charge on any atom is -0.466 e. The zero-order chi connectivity index (χ0) is 21.6. The summed E-state index contributed by atoms with van der Waals surface area (Å²) in [6.07, 6.45) is 7.94. The van der Waals surface area contributed by atoms with Crippen LogP contribution in [0.2, 0.25) is 0 Å². The lowest BCUT2D eigenvalue weighted by atomic mass is 9.72. The summed E-state index contributed by atoms with van der Waals surface area (Å²) in [6, 6.07) is 4.68. The maximum atomic E-state index is 11.6. The highest BCUT2D eigenvalue weighted by molar-refractivity contribution is 7.99. The highest BCUT2D eigenvalue weighted by Gasteiger charge is 2.34. The van der Waals surface area contributed by atoms with E-state index in [1.165, 1.54) is 28.2 Å². The first-order valence-corrected chi connectivity index (χ1v) is 11.8. The van der Waals surface area contributed by atoms with E-state index in [4.69, 9.17) is 4.74 Å². The van der Waals surface area contributed by atoms with Gasteiger partial charge in [-0.1, -0.05) is 32.6 Å². The summed E-state index contributed by atoms with van der Waals surface area (Å²) in [5.74, 6) is 7.91. The van der Waals surface area contributed by atoms with E-state index < -0.39 is 0 Å². The molecule has 1 aromatic carbocycles. The summed E-state index contributed by atoms with van der Waals surface area (Å²) in [7, 11) is 0. The summed E-state index contributed by atoms with van der Waals surface area (Å²) >= 11 is 1.98. The Morgan fingerprint density at radius 2 is 1.87 bits per heavy atom. The number of aryl methyl sites for hydroxylation is 1. The van der Waals surface area contributed by atoms with Crippen LogP contribution in [0.25, 0.3) is 0 Å². The number of rotatable bonds is 6. The molecule has 2 heterocycles. The first-order chi connectivity index (χ1) is 14.5. The standard InChI is InChI=1S/C25H30N2O2S/c1-5-19-14-22-21(25(6-2,7-3)11-12-30-22)13-20(19)10-9-18-16-26-23(27-17-18)15-24(28)29-8-4/h13-14,16-17H,5-8,11-12,15H2,1-4H3. The molecule has 3 rings (SSSR count). The van der Waals surface area contributed by atoms with Crippen LogP contribution in [-0.2, 0) is 27.8 Å². The van der Waals surface area contributed by atoms with Crippen LogP contribution in [0.5, 0.6) is 0 Å². The fourth-order valence-electron chi connectivity index (χ4n) is 4.03. The maximum Gasteiger partial charge on any atom is 0.313 e. The Morgan fingerprint density at radius 3 is 2.50 bits per heavy atom. The van der Waals surface area contributed by atoms with Crippen molar-refractivity contribution in [2.24, 2.45) is 0 Å². The zero-order valence-electron chi connectivity index (χ0n) is 18.4. The van der Waals surface area contributed by atoms with Gasteiger partial charge in [-0.25, -0.2) is 9.97 Å². The summed E-state index contributed by atoms with van der Waals surface area (Å²) in [5.41, 5.74) is 4.86. The molecule has 0 aliphatic carbocycles. The molecule has 0 atom stereocenters. The van der Waals surface area contributed by atoms with Crippen molar-refractivity contribution < 1.29 is 9.53 Å². The molecular formula is C25H30N2O2S. The minimum atomic E-state index is -0.314. The fourth-order valence-corrected chi connectivity index (χ4v) is 5.40. The van der Waals surface area contributed by atoms with Crippen molar-refractivity contribution in [1.82, 2.24) is 9.97 Å². The molecule has 0 saturated heterocycles. The molecular weight excluding hydrogens is 392 g/mol. The van der Waals surface area contributed by atoms with Crippen LogP contribution >= 0.6 is 11.8 Å². The van der Waals surface area contributed by atoms with Crippen molar-refractivity contribution in [2.75, 3.05) is 12.4 Å². The van der Waals surface area contributed by atoms with Crippen LogP contribution < -0.4 is 0 Å². The number of carbonyl (C=O) groups excluding carboxylic acids is 1. The number of hydrogen-bond acceptors (Lipinski definition) is 5. The third-order valence-corrected chi connectivity index (χ3v) is 7.06. The van der Waals surface area contributed by atoms with Gasteiger partial charge in [0.25, 0.3) is 0 Å². The number of carbonyl (C=O) groups is 1. The van der Waals surface area contributed by atoms with Crippen molar-refractivity contribution in [3.8, 4) is 11.8 Å². The Hall–Kier alpha value is -2.32. The van der Waals surface area contributed by atoms with E-state index in [-0.39, 0.29) is 17.8 Å². The molecule has 0 spiro atoms. The molecule has 2 aromatic rings. The third kappa shape index (κ3) is 4.87. The van der Waals surface area contributed by atoms with E-state index >= 15 is 0 Å². The average molecular weight is 423 g/mol. The molecule has 1 aliphatic rings. The number of nitrogens with zero attached hydrogens (tertiary/aromatic N) is 2. The fraction of sp³-hybridized carbons (Fsp3) is 0.480. The number of fused-ring (bicyclic) bond motifs is 1. The number of hydrogen-bond donors (Lipinski definition) is 0. The van der Waals surface area contributed by atoms with Gasteiger partial charge in [0.1, 0.15) is 12.2 Å². The van der Waals surface area contributed by atoms with E-state index in [1.807, 2.05) is 11.8 Å². The highest BCUT2D eigenvalue weighted by Crippen LogP contribution is 2.46. The van der Waals surface area contributed by atoms with Crippen LogP contribution in [0.15, 0.2) is 29.4 Å². The van der Waals surface area contributed by atoms with E-state index in [0.29, 0.717) is 12.4 Å². The van der Waals surface area contributed by atoms with Gasteiger partial charge in [-0.15, -0.1) is 11.8 Å². The minimum absolute atomic E-state index is 0.0835. The Balaban J connectivity index is 1.89. The average Bonchev–Trinajstić information content (AvgIpc) is 2.77. The molecule has 0 bridgehead atoms. The number of thioether (sulfide) groups is 1. The molecule has 0 unspecified atom stereocenters. The maximum absolute atomic E-state index is 11.6. The van der Waals surface area contributed by atoms with Crippen LogP contribution in [0, 0.1) is 11.8 Å². The smallest absolute Gasteiger partial charge is 0.313 e. The normalized spacial score (nSPS) is 14.4. The van der Waals surface area contributed by atoms with Crippen LogP contribution in [0.3, 0.4) is 0 Å². The molecule has 0 radical (unpaired) electrons. The molecule has 158 valence electrons. The second-order valence-corrected chi connectivity index (χ2v) is 8.70. The van der Waals surface area contributed by atoms with E-state index in [0.717, 1.165) is 30.4 Å². The number of aromatic nitrogens is 2. The second-order valence-electron chi connectivity index (χ2n) is 7.56. The molecule has 0 amide bonds. The quantitative estimate of drug-likeness (QED) is 0.479. The SMILES string of the molecule is CCOC(=O)Cc1ncc(C#Cc2cc3c(cc2CC)SCCC3(CC)CC)cn1. The van der Waals surface area contributed by atoms with E-state index in [1.54, 1.807) is 19.3 Å². The number of benzene rings is 1. The van der Waals surface area contributed by atoms with Gasteiger partial charge in [-0.05, 0) is 67.0 Å². The van der Waals surface area contributed by atoms with Crippen molar-refractivity contribution in [3.05, 3.63) is 52.6 Å². The van der Waals surface area contributed by atoms with Gasteiger partial charge in [0.05, 0.1) is 12.2 Å². The Labute approximate surface area is 184 Å². The van der Waals surface area contributed by atoms with Gasteiger partial charge < -0.3 is 4.74 Å². The molecule has 1 aliphatic heterocycles. The monoisotopic (exact) mass is 422 g/mol. The van der Waals surface area contributed by atoms with Gasteiger partial charge in [0.15, 0.2) is 0 Å². The first-order valence-electron chi connectivity index (χ1n) is 10.8. The second kappa shape index (κ2) is 10.1. The lowest BCUT2D eigenvalue weighted by molar-refractivity contribution is -0.142. The van der Waals surface area contributed by atoms with Gasteiger partial charge >= 0.3 is 5.97 Å². The van der Waals surface area contributed by atoms with Crippen molar-refractivity contribution in [3.63, 3.8) is 0 Å². The van der Waals surface area contributed by atoms with Gasteiger partial charge in [0, 0.05) is 22.9 Å². The van der Waals surface area contributed by atoms with Crippen molar-refractivity contribution in [1.29, 1.82) is 0 Å². The van der Waals surface area contributed by atoms with E-state index in [9.17, 15) is 4.79 Å². The first kappa shape index (κ1) is 22.4. The molecule has 0 saturated carbocycles. The highest BCUT2D eigenvalue weighted by atomic mass is 32.2. The Bertz CT molecular complexity index is 954. The van der Waals surface area contributed by atoms with Gasteiger partial charge in [-0.3, -0.25) is 4.79 Å². The summed E-state index contributed by atoms with van der Waals surface area (Å²) in [6.45, 7) is 8.93. The van der Waals surface area contributed by atoms with Crippen molar-refractivity contribution >= 4 is 17.7 Å². The Morgan fingerprint density at radius 1 is 1.13 bits per heavy atom. The van der Waals surface area contributed by atoms with Gasteiger partial charge in [0.2, 0.25) is 0 Å². The molecule has 0 N–H and O–H groups in total. The zero-order valence-corrected chi connectivity index (χ0v) is 19.2. The van der Waals surface area contributed by atoms with Crippen molar-refractivity contribution in [2.45, 2.75) is 70.1 Å². The topological polar surface area (TPSA) is 52.1 Å². The summed E-state index contributed by atoms with van der Waals surface area (Å²) in [4.78, 5) is 21.5. The third-order valence-electron chi connectivity index (χ3n) is 6.00. The lowest BCUT2D eigenvalue weighted by Crippen LogP contribution is -2.29. The predicted octanol–water partition coefficient (Wildman–Crippen LogP) is 5.10. The molecule has 5 heteroatoms. The van der Waals surface area contributed by atoms with Crippen LogP contribution in [0.1, 0.15) is 75.0 Å². The number of esters is 1. The number of ether oxygens (including phenoxy) is 1. The lowest BCUT2D eigenvalue weighted by Gasteiger charge is -2.38. The Kier molecular flexibility index (Phi) is 7.55. The molecule has 30 heavy (non-hydrogen) atoms. The molecule has 4 nitrogen and oxygen atoms in total. The van der Waals surface area contributed by atoms with Crippen LogP contribution in [-0.4, -0.2) is 28.3 Å².